The molecule has 0 aromatic heterocycles. The van der Waals surface area contributed by atoms with Crippen molar-refractivity contribution in [2.75, 3.05) is 32.8 Å². The zero-order valence-electron chi connectivity index (χ0n) is 22.7. The lowest BCUT2D eigenvalue weighted by atomic mass is 9.74. The van der Waals surface area contributed by atoms with Gasteiger partial charge in [0, 0.05) is 6.54 Å². The Balaban J connectivity index is 2.82. The first-order valence-corrected chi connectivity index (χ1v) is 12.8. The predicted octanol–water partition coefficient (Wildman–Crippen LogP) is 0.331. The van der Waals surface area contributed by atoms with E-state index in [0.29, 0.717) is 11.1 Å². The highest BCUT2D eigenvalue weighted by atomic mass is 16.5. The number of carboxylic acid groups (broad SMARTS) is 2. The molecule has 0 saturated carbocycles. The summed E-state index contributed by atoms with van der Waals surface area (Å²) in [6.45, 7) is -1.01. The number of rotatable bonds is 17. The van der Waals surface area contributed by atoms with Crippen molar-refractivity contribution in [3.8, 4) is 0 Å². The van der Waals surface area contributed by atoms with Gasteiger partial charge in [-0.25, -0.2) is 0 Å². The molecule has 0 fully saturated rings. The Kier molecular flexibility index (Phi) is 12.4. The van der Waals surface area contributed by atoms with E-state index in [0.717, 1.165) is 4.90 Å². The molecule has 0 spiro atoms. The molecule has 0 unspecified atom stereocenters. The van der Waals surface area contributed by atoms with Crippen LogP contribution in [0, 0.1) is 0 Å². The Morgan fingerprint density at radius 3 is 1.88 bits per heavy atom. The number of nitrogens with one attached hydrogen (secondary N) is 1. The first-order chi connectivity index (χ1) is 19.5. The number of guanidine groups is 1. The van der Waals surface area contributed by atoms with Gasteiger partial charge in [0.05, 0.1) is 25.6 Å². The maximum absolute atomic E-state index is 14.8. The highest BCUT2D eigenvalue weighted by Crippen LogP contribution is 2.35. The molecule has 1 amide bonds. The largest absolute Gasteiger partial charge is 0.480 e. The van der Waals surface area contributed by atoms with Gasteiger partial charge in [-0.05, 0) is 30.9 Å². The highest BCUT2D eigenvalue weighted by molar-refractivity contribution is 6.15. The van der Waals surface area contributed by atoms with Gasteiger partial charge < -0.3 is 31.7 Å². The van der Waals surface area contributed by atoms with Crippen molar-refractivity contribution in [3.63, 3.8) is 0 Å². The Bertz CT molecular complexity index is 1180. The molecule has 13 heteroatoms. The van der Waals surface area contributed by atoms with Crippen LogP contribution in [0.1, 0.15) is 36.8 Å². The molecule has 41 heavy (non-hydrogen) atoms. The van der Waals surface area contributed by atoms with Crippen molar-refractivity contribution in [3.05, 3.63) is 71.8 Å². The average Bonchev–Trinajstić information content (AvgIpc) is 2.92. The number of hydrogen-bond donors (Lipinski definition) is 5. The number of amides is 1. The van der Waals surface area contributed by atoms with E-state index >= 15 is 0 Å². The topological polar surface area (TPSA) is 215 Å². The number of aliphatic imine (C=N–C) groups is 1. The molecule has 2 aromatic carbocycles. The van der Waals surface area contributed by atoms with Crippen LogP contribution in [0.3, 0.4) is 0 Å². The molecule has 0 radical (unpaired) electrons. The normalized spacial score (nSPS) is 12.3. The van der Waals surface area contributed by atoms with Crippen LogP contribution in [0.5, 0.6) is 0 Å². The van der Waals surface area contributed by atoms with Crippen molar-refractivity contribution in [1.29, 1.82) is 0 Å². The SMILES string of the molecule is CCOC(=O)CNC(=O)[C@@](CCCN=C(N)N)(C(=O)C(c1ccccc1)c1ccccc1)N(CC(=O)O)CC(=O)O. The maximum atomic E-state index is 14.8. The van der Waals surface area contributed by atoms with Crippen molar-refractivity contribution >= 4 is 35.6 Å². The summed E-state index contributed by atoms with van der Waals surface area (Å²) in [5, 5.41) is 21.8. The molecule has 0 saturated heterocycles. The highest BCUT2D eigenvalue weighted by Gasteiger charge is 2.53. The van der Waals surface area contributed by atoms with Crippen molar-refractivity contribution < 1.29 is 38.9 Å². The van der Waals surface area contributed by atoms with Crippen molar-refractivity contribution in [2.45, 2.75) is 31.2 Å². The van der Waals surface area contributed by atoms with Gasteiger partial charge in [-0.3, -0.25) is 33.9 Å². The summed E-state index contributed by atoms with van der Waals surface area (Å²) in [5.41, 5.74) is 9.45. The second-order valence-electron chi connectivity index (χ2n) is 9.02. The molecule has 220 valence electrons. The number of Topliss-reactive ketones (excluding diaryl/α,β-unsaturated/α-hetero) is 1. The van der Waals surface area contributed by atoms with Crippen LogP contribution in [0.25, 0.3) is 0 Å². The van der Waals surface area contributed by atoms with Crippen LogP contribution in [0.4, 0.5) is 0 Å². The Hall–Kier alpha value is -4.78. The second-order valence-corrected chi connectivity index (χ2v) is 9.02. The monoisotopic (exact) mass is 569 g/mol. The molecule has 2 aromatic rings. The standard InChI is InChI=1S/C28H35N5O8/c1-2-41-23(38)16-32-26(40)28(14-9-15-31-27(29)30,33(17-21(34)35)18-22(36)37)25(39)24(19-10-5-3-6-11-19)20-12-7-4-8-13-20/h3-8,10-13,24H,2,9,14-18H2,1H3,(H,32,40)(H,34,35)(H,36,37)(H4,29,30,31)/t28-/m1/s1. The van der Waals surface area contributed by atoms with E-state index in [2.05, 4.69) is 10.3 Å². The van der Waals surface area contributed by atoms with E-state index in [1.54, 1.807) is 67.6 Å². The summed E-state index contributed by atoms with van der Waals surface area (Å²) >= 11 is 0. The van der Waals surface area contributed by atoms with Crippen molar-refractivity contribution in [2.24, 2.45) is 16.5 Å². The van der Waals surface area contributed by atoms with Gasteiger partial charge in [0.2, 0.25) is 5.91 Å². The summed E-state index contributed by atoms with van der Waals surface area (Å²) in [6.07, 6.45) is -0.378. The van der Waals surface area contributed by atoms with Gasteiger partial charge in [-0.2, -0.15) is 0 Å². The number of benzene rings is 2. The van der Waals surface area contributed by atoms with Crippen molar-refractivity contribution in [1.82, 2.24) is 10.2 Å². The minimum Gasteiger partial charge on any atom is -0.480 e. The third-order valence-corrected chi connectivity index (χ3v) is 6.19. The lowest BCUT2D eigenvalue weighted by Gasteiger charge is -2.42. The fourth-order valence-corrected chi connectivity index (χ4v) is 4.54. The number of nitrogens with zero attached hydrogens (tertiary/aromatic N) is 2. The van der Waals surface area contributed by atoms with Crippen LogP contribution in [0.15, 0.2) is 65.7 Å². The smallest absolute Gasteiger partial charge is 0.325 e. The van der Waals surface area contributed by atoms with Crippen LogP contribution < -0.4 is 16.8 Å². The van der Waals surface area contributed by atoms with Gasteiger partial charge in [0.25, 0.3) is 0 Å². The molecule has 0 aliphatic heterocycles. The molecule has 0 aliphatic rings. The second kappa shape index (κ2) is 15.7. The molecular weight excluding hydrogens is 534 g/mol. The number of ether oxygens (including phenoxy) is 1. The molecule has 2 rings (SSSR count). The predicted molar refractivity (Wildman–Crippen MR) is 149 cm³/mol. The molecule has 7 N–H and O–H groups in total. The van der Waals surface area contributed by atoms with E-state index in [4.69, 9.17) is 16.2 Å². The van der Waals surface area contributed by atoms with Gasteiger partial charge in [0.1, 0.15) is 6.54 Å². The summed E-state index contributed by atoms with van der Waals surface area (Å²) in [6, 6.07) is 17.0. The minimum absolute atomic E-state index is 0.0114. The summed E-state index contributed by atoms with van der Waals surface area (Å²) in [4.78, 5) is 69.6. The number of aliphatic carboxylic acids is 2. The van der Waals surface area contributed by atoms with Gasteiger partial charge in [-0.15, -0.1) is 0 Å². The molecule has 0 aliphatic carbocycles. The zero-order valence-corrected chi connectivity index (χ0v) is 22.7. The fraction of sp³-hybridized carbons (Fsp3) is 0.357. The zero-order chi connectivity index (χ0) is 30.4. The number of esters is 1. The van der Waals surface area contributed by atoms with Gasteiger partial charge >= 0.3 is 17.9 Å². The number of nitrogens with two attached hydrogens (primary N) is 2. The van der Waals surface area contributed by atoms with E-state index < -0.39 is 60.7 Å². The van der Waals surface area contributed by atoms with Crippen LogP contribution in [0.2, 0.25) is 0 Å². The molecule has 13 nitrogen and oxygen atoms in total. The van der Waals surface area contributed by atoms with E-state index in [1.165, 1.54) is 0 Å². The van der Waals surface area contributed by atoms with E-state index in [1.807, 2.05) is 0 Å². The van der Waals surface area contributed by atoms with Gasteiger partial charge in [0.15, 0.2) is 17.3 Å². The van der Waals surface area contributed by atoms with E-state index in [-0.39, 0.29) is 32.0 Å². The first kappa shape index (κ1) is 32.4. The number of hydrogen-bond acceptors (Lipinski definition) is 8. The fourth-order valence-electron chi connectivity index (χ4n) is 4.54. The lowest BCUT2D eigenvalue weighted by Crippen LogP contribution is -2.67. The molecule has 0 bridgehead atoms. The number of carbonyl (C=O) groups is 5. The average molecular weight is 570 g/mol. The number of carboxylic acids is 2. The summed E-state index contributed by atoms with van der Waals surface area (Å²) in [5.74, 6) is -6.94. The molecule has 0 heterocycles. The quantitative estimate of drug-likeness (QED) is 0.0575. The Morgan fingerprint density at radius 2 is 1.44 bits per heavy atom. The van der Waals surface area contributed by atoms with Crippen LogP contribution in [-0.4, -0.2) is 89.0 Å². The third kappa shape index (κ3) is 9.14. The third-order valence-electron chi connectivity index (χ3n) is 6.19. The number of carbonyl (C=O) groups excluding carboxylic acids is 3. The number of ketones is 1. The Morgan fingerprint density at radius 1 is 0.927 bits per heavy atom. The maximum Gasteiger partial charge on any atom is 0.325 e. The summed E-state index contributed by atoms with van der Waals surface area (Å²) in [7, 11) is 0. The minimum atomic E-state index is -2.38. The van der Waals surface area contributed by atoms with Crippen LogP contribution in [-0.2, 0) is 28.7 Å². The summed E-state index contributed by atoms with van der Waals surface area (Å²) < 4.78 is 4.88. The molecule has 1 atom stereocenters. The molecular formula is C28H35N5O8. The van der Waals surface area contributed by atoms with E-state index in [9.17, 15) is 34.2 Å². The lowest BCUT2D eigenvalue weighted by molar-refractivity contribution is -0.156. The van der Waals surface area contributed by atoms with Crippen LogP contribution >= 0.6 is 0 Å². The Labute approximate surface area is 237 Å². The first-order valence-electron chi connectivity index (χ1n) is 12.8. The van der Waals surface area contributed by atoms with Gasteiger partial charge in [-0.1, -0.05) is 60.7 Å².